The number of carbonyl (C=O) groups excluding carboxylic acids is 2. The molecular weight excluding hydrogens is 673 g/mol. The number of carboxylic acids is 1. The SMILES string of the molecule is NCCNC(=O)c1cccc(-c2cccc(CN(CCc3ccc(S(N)(=O)=O)cc3)C(=O)CCCc3ccccc3)c2)c1.O=C(O)C(F)(F)F. The molecule has 4 aromatic rings. The first kappa shape index (κ1) is 39.4. The average molecular weight is 713 g/mol. The number of amides is 2. The molecule has 14 heteroatoms. The van der Waals surface area contributed by atoms with Crippen LogP contribution in [-0.4, -0.2) is 62.0 Å². The molecule has 2 amide bonds. The van der Waals surface area contributed by atoms with Gasteiger partial charge >= 0.3 is 12.1 Å². The first-order valence-electron chi connectivity index (χ1n) is 15.6. The first-order chi connectivity index (χ1) is 23.7. The summed E-state index contributed by atoms with van der Waals surface area (Å²) in [5.74, 6) is -2.87. The summed E-state index contributed by atoms with van der Waals surface area (Å²) in [4.78, 5) is 36.8. The number of aryl methyl sites for hydroxylation is 1. The number of nitrogens with one attached hydrogen (secondary N) is 1. The van der Waals surface area contributed by atoms with Gasteiger partial charge in [-0.2, -0.15) is 13.2 Å². The molecule has 0 aromatic heterocycles. The number of benzene rings is 4. The Hall–Kier alpha value is -5.05. The Balaban J connectivity index is 0.000000872. The fourth-order valence-electron chi connectivity index (χ4n) is 4.85. The molecule has 0 aliphatic rings. The van der Waals surface area contributed by atoms with Crippen LogP contribution < -0.4 is 16.2 Å². The molecule has 0 saturated heterocycles. The third-order valence-electron chi connectivity index (χ3n) is 7.40. The molecule has 0 heterocycles. The number of nitrogens with two attached hydrogens (primary N) is 2. The van der Waals surface area contributed by atoms with Gasteiger partial charge in [0.1, 0.15) is 0 Å². The fourth-order valence-corrected chi connectivity index (χ4v) is 5.36. The zero-order chi connectivity index (χ0) is 36.7. The normalized spacial score (nSPS) is 11.2. The standard InChI is InChI=1S/C34H38N4O4S.C2HF3O2/c35-20-21-37-34(40)31-13-6-12-30(24-31)29-11-4-10-28(23-29)25-38(33(39)14-5-9-26-7-2-1-3-8-26)22-19-27-15-17-32(18-16-27)43(36,41)42;3-2(4,5)1(6)7/h1-4,6-8,10-13,15-18,23-24H,5,9,14,19-22,25,35H2,(H,37,40)(H2,36,41,42);(H,6,7). The van der Waals surface area contributed by atoms with E-state index in [1.54, 1.807) is 18.2 Å². The fraction of sp³-hybridized carbons (Fsp3) is 0.250. The minimum Gasteiger partial charge on any atom is -0.475 e. The number of carboxylic acid groups (broad SMARTS) is 1. The Morgan fingerprint density at radius 2 is 1.36 bits per heavy atom. The lowest BCUT2D eigenvalue weighted by Gasteiger charge is -2.24. The van der Waals surface area contributed by atoms with Crippen molar-refractivity contribution in [2.75, 3.05) is 19.6 Å². The van der Waals surface area contributed by atoms with E-state index in [1.165, 1.54) is 17.7 Å². The summed E-state index contributed by atoms with van der Waals surface area (Å²) >= 11 is 0. The van der Waals surface area contributed by atoms with Crippen molar-refractivity contribution in [2.45, 2.75) is 43.3 Å². The van der Waals surface area contributed by atoms with Gasteiger partial charge in [0.2, 0.25) is 15.9 Å². The number of hydrogen-bond acceptors (Lipinski definition) is 6. The highest BCUT2D eigenvalue weighted by molar-refractivity contribution is 7.89. The number of hydrogen-bond donors (Lipinski definition) is 4. The molecule has 0 aliphatic heterocycles. The molecule has 10 nitrogen and oxygen atoms in total. The van der Waals surface area contributed by atoms with E-state index in [9.17, 15) is 31.2 Å². The molecule has 0 unspecified atom stereocenters. The highest BCUT2D eigenvalue weighted by atomic mass is 32.2. The lowest BCUT2D eigenvalue weighted by Crippen LogP contribution is -2.32. The first-order valence-corrected chi connectivity index (χ1v) is 17.1. The minimum absolute atomic E-state index is 0.0565. The number of primary sulfonamides is 1. The van der Waals surface area contributed by atoms with Gasteiger partial charge < -0.3 is 21.1 Å². The third-order valence-corrected chi connectivity index (χ3v) is 8.33. The van der Waals surface area contributed by atoms with E-state index in [4.69, 9.17) is 20.8 Å². The number of rotatable bonds is 14. The highest BCUT2D eigenvalue weighted by Gasteiger charge is 2.38. The van der Waals surface area contributed by atoms with Crippen LogP contribution >= 0.6 is 0 Å². The Labute approximate surface area is 289 Å². The molecule has 4 aromatic carbocycles. The Kier molecular flexibility index (Phi) is 14.7. The molecule has 50 heavy (non-hydrogen) atoms. The summed E-state index contributed by atoms with van der Waals surface area (Å²) in [5.41, 5.74) is 11.0. The maximum absolute atomic E-state index is 13.5. The quantitative estimate of drug-likeness (QED) is 0.144. The van der Waals surface area contributed by atoms with Crippen LogP contribution in [0.4, 0.5) is 13.2 Å². The minimum atomic E-state index is -5.08. The van der Waals surface area contributed by atoms with E-state index in [-0.39, 0.29) is 16.7 Å². The largest absolute Gasteiger partial charge is 0.490 e. The van der Waals surface area contributed by atoms with E-state index in [0.29, 0.717) is 44.6 Å². The molecule has 0 saturated carbocycles. The van der Waals surface area contributed by atoms with Crippen LogP contribution in [0.2, 0.25) is 0 Å². The van der Waals surface area contributed by atoms with Crippen LogP contribution in [0.25, 0.3) is 11.1 Å². The maximum atomic E-state index is 13.5. The summed E-state index contributed by atoms with van der Waals surface area (Å²) in [6, 6.07) is 32.0. The second-order valence-corrected chi connectivity index (χ2v) is 12.8. The monoisotopic (exact) mass is 712 g/mol. The van der Waals surface area contributed by atoms with E-state index in [2.05, 4.69) is 17.4 Å². The van der Waals surface area contributed by atoms with Crippen LogP contribution in [-0.2, 0) is 39.0 Å². The maximum Gasteiger partial charge on any atom is 0.490 e. The average Bonchev–Trinajstić information content (AvgIpc) is 3.09. The molecule has 6 N–H and O–H groups in total. The van der Waals surface area contributed by atoms with Gasteiger partial charge in [-0.25, -0.2) is 18.4 Å². The second-order valence-electron chi connectivity index (χ2n) is 11.2. The van der Waals surface area contributed by atoms with Gasteiger partial charge in [-0.1, -0.05) is 72.8 Å². The van der Waals surface area contributed by atoms with Crippen molar-refractivity contribution in [3.05, 3.63) is 125 Å². The van der Waals surface area contributed by atoms with Crippen LogP contribution in [0.15, 0.2) is 108 Å². The van der Waals surface area contributed by atoms with Crippen molar-refractivity contribution >= 4 is 27.8 Å². The van der Waals surface area contributed by atoms with Crippen LogP contribution in [0.5, 0.6) is 0 Å². The lowest BCUT2D eigenvalue weighted by molar-refractivity contribution is -0.192. The topological polar surface area (TPSA) is 173 Å². The van der Waals surface area contributed by atoms with Gasteiger partial charge in [-0.3, -0.25) is 9.59 Å². The molecule has 0 radical (unpaired) electrons. The summed E-state index contributed by atoms with van der Waals surface area (Å²) in [7, 11) is -3.77. The van der Waals surface area contributed by atoms with Crippen LogP contribution in [0.3, 0.4) is 0 Å². The molecule has 0 aliphatic carbocycles. The molecule has 0 spiro atoms. The third kappa shape index (κ3) is 13.1. The molecule has 0 atom stereocenters. The Bertz CT molecular complexity index is 1840. The van der Waals surface area contributed by atoms with Gasteiger partial charge in [0.05, 0.1) is 4.90 Å². The smallest absolute Gasteiger partial charge is 0.475 e. The van der Waals surface area contributed by atoms with Gasteiger partial charge in [0.25, 0.3) is 5.91 Å². The predicted octanol–water partition coefficient (Wildman–Crippen LogP) is 4.92. The molecule has 0 fully saturated rings. The zero-order valence-corrected chi connectivity index (χ0v) is 27.9. The number of halogens is 3. The lowest BCUT2D eigenvalue weighted by atomic mass is 10.0. The number of nitrogens with zero attached hydrogens (tertiary/aromatic N) is 1. The molecule has 266 valence electrons. The number of sulfonamides is 1. The van der Waals surface area contributed by atoms with Crippen molar-refractivity contribution in [1.29, 1.82) is 0 Å². The van der Waals surface area contributed by atoms with Gasteiger partial charge in [-0.15, -0.1) is 0 Å². The predicted molar refractivity (Wildman–Crippen MR) is 183 cm³/mol. The number of aliphatic carboxylic acids is 1. The van der Waals surface area contributed by atoms with Crippen molar-refractivity contribution in [3.8, 4) is 11.1 Å². The van der Waals surface area contributed by atoms with Gasteiger partial charge in [0.15, 0.2) is 0 Å². The van der Waals surface area contributed by atoms with Crippen molar-refractivity contribution in [1.82, 2.24) is 10.2 Å². The van der Waals surface area contributed by atoms with Crippen molar-refractivity contribution in [3.63, 3.8) is 0 Å². The van der Waals surface area contributed by atoms with Crippen LogP contribution in [0.1, 0.15) is 39.9 Å². The van der Waals surface area contributed by atoms with Crippen molar-refractivity contribution in [2.24, 2.45) is 10.9 Å². The number of carbonyl (C=O) groups is 3. The molecule has 4 rings (SSSR count). The molecule has 0 bridgehead atoms. The van der Waals surface area contributed by atoms with E-state index in [1.807, 2.05) is 65.6 Å². The van der Waals surface area contributed by atoms with Crippen molar-refractivity contribution < 1.29 is 41.1 Å². The summed E-state index contributed by atoms with van der Waals surface area (Å²) < 4.78 is 55.0. The summed E-state index contributed by atoms with van der Waals surface area (Å²) in [6.45, 7) is 1.67. The Morgan fingerprint density at radius 1 is 0.780 bits per heavy atom. The molecular formula is C36H39F3N4O6S. The van der Waals surface area contributed by atoms with E-state index >= 15 is 0 Å². The highest BCUT2D eigenvalue weighted by Crippen LogP contribution is 2.23. The van der Waals surface area contributed by atoms with Gasteiger partial charge in [0, 0.05) is 38.2 Å². The zero-order valence-electron chi connectivity index (χ0n) is 27.1. The van der Waals surface area contributed by atoms with E-state index < -0.39 is 22.2 Å². The summed E-state index contributed by atoms with van der Waals surface area (Å²) in [6.07, 6.45) is -2.55. The summed E-state index contributed by atoms with van der Waals surface area (Å²) in [5, 5.41) is 15.2. The number of alkyl halides is 3. The second kappa shape index (κ2) is 18.6. The van der Waals surface area contributed by atoms with Crippen LogP contribution in [0, 0.1) is 0 Å². The van der Waals surface area contributed by atoms with E-state index in [0.717, 1.165) is 35.1 Å². The van der Waals surface area contributed by atoms with Gasteiger partial charge in [-0.05, 0) is 77.4 Å². The Morgan fingerprint density at radius 3 is 1.96 bits per heavy atom.